The zero-order chi connectivity index (χ0) is 13.4. The summed E-state index contributed by atoms with van der Waals surface area (Å²) >= 11 is 0. The Bertz CT molecular complexity index is 396. The van der Waals surface area contributed by atoms with Gasteiger partial charge in [-0.25, -0.2) is 4.39 Å². The van der Waals surface area contributed by atoms with Crippen molar-refractivity contribution in [3.05, 3.63) is 30.1 Å². The van der Waals surface area contributed by atoms with E-state index in [1.54, 1.807) is 12.1 Å². The van der Waals surface area contributed by atoms with Gasteiger partial charge >= 0.3 is 0 Å². The van der Waals surface area contributed by atoms with Gasteiger partial charge in [0.1, 0.15) is 11.7 Å². The number of anilines is 1. The van der Waals surface area contributed by atoms with Crippen LogP contribution in [0.1, 0.15) is 26.2 Å². The van der Waals surface area contributed by atoms with Crippen molar-refractivity contribution in [2.24, 2.45) is 10.9 Å². The summed E-state index contributed by atoms with van der Waals surface area (Å²) < 4.78 is 13.6. The van der Waals surface area contributed by atoms with Crippen molar-refractivity contribution in [2.45, 2.75) is 26.2 Å². The molecule has 0 heterocycles. The summed E-state index contributed by atoms with van der Waals surface area (Å²) in [5, 5.41) is 11.3. The molecule has 4 nitrogen and oxygen atoms in total. The molecule has 0 unspecified atom stereocenters. The van der Waals surface area contributed by atoms with Gasteiger partial charge < -0.3 is 15.8 Å². The normalized spacial score (nSPS) is 11.6. The van der Waals surface area contributed by atoms with E-state index in [1.807, 2.05) is 17.9 Å². The summed E-state index contributed by atoms with van der Waals surface area (Å²) in [5.74, 6) is 0.0414. The summed E-state index contributed by atoms with van der Waals surface area (Å²) in [7, 11) is 0. The first kappa shape index (κ1) is 14.3. The van der Waals surface area contributed by atoms with Gasteiger partial charge in [0.25, 0.3) is 0 Å². The van der Waals surface area contributed by atoms with E-state index in [0.29, 0.717) is 12.1 Å². The smallest absolute Gasteiger partial charge is 0.146 e. The third-order valence-electron chi connectivity index (χ3n) is 2.81. The number of amidine groups is 1. The van der Waals surface area contributed by atoms with Crippen LogP contribution in [0.15, 0.2) is 29.4 Å². The molecule has 0 saturated heterocycles. The van der Waals surface area contributed by atoms with Crippen LogP contribution in [0.2, 0.25) is 0 Å². The number of oxime groups is 1. The average Bonchev–Trinajstić information content (AvgIpc) is 2.40. The molecule has 18 heavy (non-hydrogen) atoms. The number of para-hydroxylation sites is 1. The molecule has 0 aliphatic rings. The highest BCUT2D eigenvalue weighted by atomic mass is 19.1. The second kappa shape index (κ2) is 7.53. The van der Waals surface area contributed by atoms with Crippen molar-refractivity contribution in [1.29, 1.82) is 0 Å². The Hall–Kier alpha value is -1.78. The molecule has 0 spiro atoms. The molecule has 0 radical (unpaired) electrons. The Balaban J connectivity index is 2.46. The molecule has 0 aromatic heterocycles. The Labute approximate surface area is 107 Å². The molecule has 0 fully saturated rings. The van der Waals surface area contributed by atoms with E-state index in [-0.39, 0.29) is 11.7 Å². The summed E-state index contributed by atoms with van der Waals surface area (Å²) in [5.41, 5.74) is 6.01. The van der Waals surface area contributed by atoms with Gasteiger partial charge in [-0.1, -0.05) is 17.3 Å². The largest absolute Gasteiger partial charge is 0.409 e. The Morgan fingerprint density at radius 3 is 2.72 bits per heavy atom. The first-order chi connectivity index (χ1) is 8.69. The summed E-state index contributed by atoms with van der Waals surface area (Å²) in [6.45, 7) is 3.51. The van der Waals surface area contributed by atoms with Crippen molar-refractivity contribution in [1.82, 2.24) is 0 Å². The van der Waals surface area contributed by atoms with E-state index in [2.05, 4.69) is 5.16 Å². The molecule has 0 atom stereocenters. The zero-order valence-corrected chi connectivity index (χ0v) is 10.6. The summed E-state index contributed by atoms with van der Waals surface area (Å²) in [6.07, 6.45) is 2.25. The minimum absolute atomic E-state index is 0.198. The third kappa shape index (κ3) is 4.24. The topological polar surface area (TPSA) is 61.8 Å². The fourth-order valence-electron chi connectivity index (χ4n) is 1.82. The molecule has 1 aromatic rings. The lowest BCUT2D eigenvalue weighted by Gasteiger charge is -2.23. The molecular weight excluding hydrogens is 233 g/mol. The van der Waals surface area contributed by atoms with E-state index >= 15 is 0 Å². The average molecular weight is 253 g/mol. The monoisotopic (exact) mass is 253 g/mol. The number of halogens is 1. The standard InChI is InChI=1S/C13H20FN3O/c1-2-17(10-6-5-9-13(15)16-18)12-8-4-3-7-11(12)14/h3-4,7-8,18H,2,5-6,9-10H2,1H3,(H2,15,16). The molecule has 3 N–H and O–H groups in total. The summed E-state index contributed by atoms with van der Waals surface area (Å²) in [6, 6.07) is 6.76. The van der Waals surface area contributed by atoms with E-state index in [4.69, 9.17) is 10.9 Å². The Morgan fingerprint density at radius 1 is 1.39 bits per heavy atom. The van der Waals surface area contributed by atoms with Crippen LogP contribution in [0, 0.1) is 5.82 Å². The molecule has 100 valence electrons. The van der Waals surface area contributed by atoms with Gasteiger partial charge in [0, 0.05) is 19.5 Å². The van der Waals surface area contributed by atoms with Crippen molar-refractivity contribution < 1.29 is 9.60 Å². The number of benzene rings is 1. The SMILES string of the molecule is CCN(CCCCC(N)=NO)c1ccccc1F. The van der Waals surface area contributed by atoms with Gasteiger partial charge in [-0.3, -0.25) is 0 Å². The number of unbranched alkanes of at least 4 members (excludes halogenated alkanes) is 1. The minimum Gasteiger partial charge on any atom is -0.409 e. The van der Waals surface area contributed by atoms with Gasteiger partial charge in [0.05, 0.1) is 5.69 Å². The number of nitrogens with zero attached hydrogens (tertiary/aromatic N) is 2. The van der Waals surface area contributed by atoms with Crippen molar-refractivity contribution in [3.63, 3.8) is 0 Å². The molecule has 0 amide bonds. The molecule has 0 aliphatic carbocycles. The molecule has 0 bridgehead atoms. The van der Waals surface area contributed by atoms with Crippen LogP contribution in [0.25, 0.3) is 0 Å². The lowest BCUT2D eigenvalue weighted by molar-refractivity contribution is 0.316. The first-order valence-electron chi connectivity index (χ1n) is 6.15. The maximum absolute atomic E-state index is 13.6. The predicted molar refractivity (Wildman–Crippen MR) is 71.5 cm³/mol. The molecular formula is C13H20FN3O. The molecule has 1 rings (SSSR count). The van der Waals surface area contributed by atoms with Crippen LogP contribution in [-0.4, -0.2) is 24.1 Å². The molecule has 0 aliphatic heterocycles. The minimum atomic E-state index is -0.198. The van der Waals surface area contributed by atoms with E-state index in [9.17, 15) is 4.39 Å². The number of hydrogen-bond donors (Lipinski definition) is 2. The highest BCUT2D eigenvalue weighted by Crippen LogP contribution is 2.18. The highest BCUT2D eigenvalue weighted by Gasteiger charge is 2.08. The van der Waals surface area contributed by atoms with Crippen LogP contribution >= 0.6 is 0 Å². The number of rotatable bonds is 7. The van der Waals surface area contributed by atoms with E-state index < -0.39 is 0 Å². The molecule has 1 aromatic carbocycles. The fourth-order valence-corrected chi connectivity index (χ4v) is 1.82. The summed E-state index contributed by atoms with van der Waals surface area (Å²) in [4.78, 5) is 1.99. The van der Waals surface area contributed by atoms with Crippen molar-refractivity contribution in [2.75, 3.05) is 18.0 Å². The van der Waals surface area contributed by atoms with Gasteiger partial charge in [-0.15, -0.1) is 0 Å². The lowest BCUT2D eigenvalue weighted by atomic mass is 10.2. The van der Waals surface area contributed by atoms with Crippen LogP contribution in [-0.2, 0) is 0 Å². The van der Waals surface area contributed by atoms with Gasteiger partial charge in [0.15, 0.2) is 0 Å². The second-order valence-corrected chi connectivity index (χ2v) is 4.08. The first-order valence-corrected chi connectivity index (χ1v) is 6.15. The third-order valence-corrected chi connectivity index (χ3v) is 2.81. The van der Waals surface area contributed by atoms with Crippen LogP contribution in [0.3, 0.4) is 0 Å². The Kier molecular flexibility index (Phi) is 5.97. The number of nitrogens with two attached hydrogens (primary N) is 1. The highest BCUT2D eigenvalue weighted by molar-refractivity contribution is 5.79. The lowest BCUT2D eigenvalue weighted by Crippen LogP contribution is -2.25. The van der Waals surface area contributed by atoms with Crippen LogP contribution < -0.4 is 10.6 Å². The quantitative estimate of drug-likeness (QED) is 0.258. The van der Waals surface area contributed by atoms with E-state index in [1.165, 1.54) is 6.07 Å². The zero-order valence-electron chi connectivity index (χ0n) is 10.6. The van der Waals surface area contributed by atoms with Crippen LogP contribution in [0.5, 0.6) is 0 Å². The second-order valence-electron chi connectivity index (χ2n) is 4.08. The number of hydrogen-bond acceptors (Lipinski definition) is 3. The Morgan fingerprint density at radius 2 is 2.11 bits per heavy atom. The molecule has 5 heteroatoms. The maximum atomic E-state index is 13.6. The van der Waals surface area contributed by atoms with Crippen LogP contribution in [0.4, 0.5) is 10.1 Å². The fraction of sp³-hybridized carbons (Fsp3) is 0.462. The van der Waals surface area contributed by atoms with E-state index in [0.717, 1.165) is 25.9 Å². The van der Waals surface area contributed by atoms with Gasteiger partial charge in [0.2, 0.25) is 0 Å². The maximum Gasteiger partial charge on any atom is 0.146 e. The van der Waals surface area contributed by atoms with Crippen molar-refractivity contribution in [3.8, 4) is 0 Å². The van der Waals surface area contributed by atoms with Gasteiger partial charge in [-0.2, -0.15) is 0 Å². The molecule has 0 saturated carbocycles. The predicted octanol–water partition coefficient (Wildman–Crippen LogP) is 2.57. The van der Waals surface area contributed by atoms with Crippen molar-refractivity contribution >= 4 is 11.5 Å². The van der Waals surface area contributed by atoms with Gasteiger partial charge in [-0.05, 0) is 31.9 Å².